The summed E-state index contributed by atoms with van der Waals surface area (Å²) in [4.78, 5) is 23.0. The van der Waals surface area contributed by atoms with Gasteiger partial charge in [0.15, 0.2) is 0 Å². The van der Waals surface area contributed by atoms with Crippen molar-refractivity contribution in [1.82, 2.24) is 5.32 Å². The summed E-state index contributed by atoms with van der Waals surface area (Å²) in [6.45, 7) is 9.03. The van der Waals surface area contributed by atoms with Crippen LogP contribution < -0.4 is 5.32 Å². The first kappa shape index (κ1) is 13.9. The Bertz CT molecular complexity index is 517. The Morgan fingerprint density at radius 2 is 1.83 bits per heavy atom. The summed E-state index contributed by atoms with van der Waals surface area (Å²) < 4.78 is 0. The van der Waals surface area contributed by atoms with Crippen LogP contribution in [0.2, 0.25) is 0 Å². The van der Waals surface area contributed by atoms with Crippen molar-refractivity contribution in [2.75, 3.05) is 0 Å². The van der Waals surface area contributed by atoms with Crippen molar-refractivity contribution >= 4 is 11.8 Å². The Labute approximate surface area is 107 Å². The number of carbonyl (C=O) groups is 2. The third-order valence-electron chi connectivity index (χ3n) is 2.78. The lowest BCUT2D eigenvalue weighted by atomic mass is 9.97. The molecular weight excluding hydrogens is 226 g/mol. The van der Waals surface area contributed by atoms with E-state index in [1.807, 2.05) is 19.1 Å². The smallest absolute Gasteiger partial charge is 0.258 e. The van der Waals surface area contributed by atoms with E-state index in [2.05, 4.69) is 11.9 Å². The molecule has 0 spiro atoms. The molecular formula is C15H17NO2. The first-order valence-corrected chi connectivity index (χ1v) is 5.68. The fourth-order valence-electron chi connectivity index (χ4n) is 1.55. The number of hydrogen-bond acceptors (Lipinski definition) is 2. The molecule has 3 heteroatoms. The number of rotatable bonds is 3. The molecule has 2 amide bonds. The van der Waals surface area contributed by atoms with Gasteiger partial charge in [-0.1, -0.05) is 36.5 Å². The van der Waals surface area contributed by atoms with Crippen molar-refractivity contribution in [2.45, 2.75) is 20.8 Å². The van der Waals surface area contributed by atoms with Crippen molar-refractivity contribution in [2.24, 2.45) is 0 Å². The number of imide groups is 1. The van der Waals surface area contributed by atoms with E-state index < -0.39 is 0 Å². The summed E-state index contributed by atoms with van der Waals surface area (Å²) in [7, 11) is 0. The topological polar surface area (TPSA) is 46.2 Å². The minimum absolute atomic E-state index is 0.318. The van der Waals surface area contributed by atoms with Crippen molar-refractivity contribution in [3.63, 3.8) is 0 Å². The van der Waals surface area contributed by atoms with Gasteiger partial charge in [0.2, 0.25) is 0 Å². The average molecular weight is 243 g/mol. The molecule has 0 bridgehead atoms. The van der Waals surface area contributed by atoms with Crippen LogP contribution in [-0.4, -0.2) is 11.8 Å². The Morgan fingerprint density at radius 3 is 2.44 bits per heavy atom. The Morgan fingerprint density at radius 1 is 1.17 bits per heavy atom. The maximum atomic E-state index is 11.7. The largest absolute Gasteiger partial charge is 0.288 e. The molecule has 18 heavy (non-hydrogen) atoms. The van der Waals surface area contributed by atoms with Crippen LogP contribution >= 0.6 is 0 Å². The molecule has 0 unspecified atom stereocenters. The third kappa shape index (κ3) is 3.17. The highest BCUT2D eigenvalue weighted by Gasteiger charge is 2.23. The molecule has 1 N–H and O–H groups in total. The first-order valence-electron chi connectivity index (χ1n) is 5.68. The van der Waals surface area contributed by atoms with E-state index in [4.69, 9.17) is 0 Å². The fourth-order valence-corrected chi connectivity index (χ4v) is 1.55. The van der Waals surface area contributed by atoms with E-state index in [0.29, 0.717) is 11.1 Å². The monoisotopic (exact) mass is 243 g/mol. The van der Waals surface area contributed by atoms with Gasteiger partial charge in [-0.2, -0.15) is 0 Å². The van der Waals surface area contributed by atoms with Crippen molar-refractivity contribution in [3.05, 3.63) is 59.3 Å². The lowest BCUT2D eigenvalue weighted by Crippen LogP contribution is -2.37. The molecule has 0 saturated heterocycles. The number of amides is 2. The molecule has 0 aromatic rings. The molecule has 0 radical (unpaired) electrons. The van der Waals surface area contributed by atoms with E-state index >= 15 is 0 Å². The number of allylic oxidation sites excluding steroid dienone is 6. The van der Waals surface area contributed by atoms with Gasteiger partial charge in [-0.15, -0.1) is 0 Å². The molecule has 0 aliphatic carbocycles. The van der Waals surface area contributed by atoms with Crippen molar-refractivity contribution in [1.29, 1.82) is 0 Å². The van der Waals surface area contributed by atoms with Crippen molar-refractivity contribution in [3.8, 4) is 0 Å². The van der Waals surface area contributed by atoms with E-state index in [9.17, 15) is 9.59 Å². The Kier molecular flexibility index (Phi) is 4.60. The van der Waals surface area contributed by atoms with E-state index in [1.54, 1.807) is 32.1 Å². The van der Waals surface area contributed by atoms with Gasteiger partial charge in [-0.25, -0.2) is 0 Å². The van der Waals surface area contributed by atoms with Crippen LogP contribution in [0.15, 0.2) is 59.3 Å². The third-order valence-corrected chi connectivity index (χ3v) is 2.78. The minimum Gasteiger partial charge on any atom is -0.288 e. The summed E-state index contributed by atoms with van der Waals surface area (Å²) in [5.74, 6) is -0.667. The van der Waals surface area contributed by atoms with Gasteiger partial charge in [-0.05, 0) is 32.4 Å². The van der Waals surface area contributed by atoms with Gasteiger partial charge in [-0.3, -0.25) is 14.9 Å². The zero-order valence-corrected chi connectivity index (χ0v) is 10.9. The van der Waals surface area contributed by atoms with Crippen LogP contribution in [-0.2, 0) is 9.59 Å². The zero-order valence-electron chi connectivity index (χ0n) is 10.9. The van der Waals surface area contributed by atoms with E-state index in [1.165, 1.54) is 0 Å². The van der Waals surface area contributed by atoms with Crippen LogP contribution in [0.3, 0.4) is 0 Å². The summed E-state index contributed by atoms with van der Waals surface area (Å²) in [6.07, 6.45) is 8.94. The molecule has 0 fully saturated rings. The highest BCUT2D eigenvalue weighted by molar-refractivity contribution is 6.16. The molecule has 0 saturated carbocycles. The maximum absolute atomic E-state index is 11.7. The number of hydrogen-bond donors (Lipinski definition) is 1. The predicted molar refractivity (Wildman–Crippen MR) is 72.7 cm³/mol. The van der Waals surface area contributed by atoms with Crippen molar-refractivity contribution < 1.29 is 9.59 Å². The molecule has 1 aliphatic rings. The van der Waals surface area contributed by atoms with Gasteiger partial charge in [0.25, 0.3) is 11.8 Å². The standard InChI is InChI=1S/C15H17NO2/c1-5-7-10(2)8-6-9-13-11(3)12(4)14(17)16-15(13)18/h5-9H,1H2,2-4H3,(H,16,17,18)/b8-6-,10-7+,13-9+. The van der Waals surface area contributed by atoms with Crippen LogP contribution in [0.4, 0.5) is 0 Å². The maximum Gasteiger partial charge on any atom is 0.258 e. The predicted octanol–water partition coefficient (Wildman–Crippen LogP) is 2.59. The quantitative estimate of drug-likeness (QED) is 0.470. The summed E-state index contributed by atoms with van der Waals surface area (Å²) >= 11 is 0. The highest BCUT2D eigenvalue weighted by Crippen LogP contribution is 2.19. The minimum atomic E-state index is -0.349. The lowest BCUT2D eigenvalue weighted by molar-refractivity contribution is -0.126. The molecule has 0 aromatic heterocycles. The van der Waals surface area contributed by atoms with Gasteiger partial charge in [0.05, 0.1) is 0 Å². The second-order valence-corrected chi connectivity index (χ2v) is 4.12. The normalized spacial score (nSPS) is 19.7. The molecule has 3 nitrogen and oxygen atoms in total. The SMILES string of the molecule is C=C/C=C(C)/C=C\C=C1\C(=O)NC(=O)C(C)=C1C. The van der Waals surface area contributed by atoms with Crippen LogP contribution in [0.1, 0.15) is 20.8 Å². The second-order valence-electron chi connectivity index (χ2n) is 4.12. The summed E-state index contributed by atoms with van der Waals surface area (Å²) in [5, 5.41) is 2.30. The molecule has 94 valence electrons. The van der Waals surface area contributed by atoms with Crippen LogP contribution in [0.25, 0.3) is 0 Å². The first-order chi connectivity index (χ1) is 8.47. The van der Waals surface area contributed by atoms with E-state index in [0.717, 1.165) is 11.1 Å². The lowest BCUT2D eigenvalue weighted by Gasteiger charge is -2.16. The summed E-state index contributed by atoms with van der Waals surface area (Å²) in [6, 6.07) is 0. The molecule has 1 aliphatic heterocycles. The number of nitrogens with one attached hydrogen (secondary N) is 1. The van der Waals surface area contributed by atoms with Crippen LogP contribution in [0, 0.1) is 0 Å². The fraction of sp³-hybridized carbons (Fsp3) is 0.200. The second kappa shape index (κ2) is 5.96. The summed E-state index contributed by atoms with van der Waals surface area (Å²) in [5.41, 5.74) is 2.86. The Balaban J connectivity index is 3.02. The van der Waals surface area contributed by atoms with Gasteiger partial charge < -0.3 is 0 Å². The highest BCUT2D eigenvalue weighted by atomic mass is 16.2. The van der Waals surface area contributed by atoms with Gasteiger partial charge in [0, 0.05) is 11.1 Å². The van der Waals surface area contributed by atoms with Crippen LogP contribution in [0.5, 0.6) is 0 Å². The zero-order chi connectivity index (χ0) is 13.7. The Hall–Kier alpha value is -2.16. The van der Waals surface area contributed by atoms with Gasteiger partial charge >= 0.3 is 0 Å². The molecule has 0 aromatic carbocycles. The number of carbonyl (C=O) groups excluding carboxylic acids is 2. The molecule has 1 heterocycles. The molecule has 0 atom stereocenters. The average Bonchev–Trinajstić information content (AvgIpc) is 2.31. The van der Waals surface area contributed by atoms with Gasteiger partial charge in [0.1, 0.15) is 0 Å². The molecule has 1 rings (SSSR count). The van der Waals surface area contributed by atoms with E-state index in [-0.39, 0.29) is 11.8 Å².